The van der Waals surface area contributed by atoms with E-state index >= 15 is 0 Å². The molecule has 0 radical (unpaired) electrons. The van der Waals surface area contributed by atoms with Gasteiger partial charge in [0.25, 0.3) is 0 Å². The van der Waals surface area contributed by atoms with E-state index in [4.69, 9.17) is 28.4 Å². The summed E-state index contributed by atoms with van der Waals surface area (Å²) in [5.74, 6) is 3.10. The summed E-state index contributed by atoms with van der Waals surface area (Å²) in [5, 5.41) is 21.8. The Labute approximate surface area is 320 Å². The Kier molecular flexibility index (Phi) is 13.2. The molecule has 9 heteroatoms. The topological polar surface area (TPSA) is 106 Å². The number of hydrogen-bond acceptors (Lipinski definition) is 9. The molecule has 4 aromatic rings. The van der Waals surface area contributed by atoms with E-state index < -0.39 is 12.2 Å². The van der Waals surface area contributed by atoms with Crippen LogP contribution in [0.4, 0.5) is 0 Å². The van der Waals surface area contributed by atoms with Gasteiger partial charge in [0, 0.05) is 23.9 Å². The molecule has 9 nitrogen and oxygen atoms in total. The molecule has 2 saturated heterocycles. The highest BCUT2D eigenvalue weighted by atomic mass is 16.6. The lowest BCUT2D eigenvalue weighted by Gasteiger charge is -2.28. The van der Waals surface area contributed by atoms with Crippen molar-refractivity contribution in [2.45, 2.75) is 76.3 Å². The summed E-state index contributed by atoms with van der Waals surface area (Å²) in [5.41, 5.74) is 4.27. The zero-order chi connectivity index (χ0) is 38.1. The van der Waals surface area contributed by atoms with Crippen LogP contribution in [0.15, 0.2) is 97.1 Å². The predicted molar refractivity (Wildman–Crippen MR) is 210 cm³/mol. The van der Waals surface area contributed by atoms with Crippen LogP contribution in [0, 0.1) is 0 Å². The Balaban J connectivity index is 0.926. The lowest BCUT2D eigenvalue weighted by Crippen LogP contribution is -2.42. The molecular weight excluding hydrogens is 682 g/mol. The Morgan fingerprint density at radius 1 is 0.556 bits per heavy atom. The summed E-state index contributed by atoms with van der Waals surface area (Å²) in [7, 11) is 0. The molecule has 2 aliphatic heterocycles. The van der Waals surface area contributed by atoms with E-state index in [1.807, 2.05) is 48.5 Å². The Hall–Kier alpha value is -4.12. The van der Waals surface area contributed by atoms with Crippen molar-refractivity contribution in [3.05, 3.63) is 119 Å². The van der Waals surface area contributed by atoms with Gasteiger partial charge < -0.3 is 38.6 Å². The van der Waals surface area contributed by atoms with Crippen molar-refractivity contribution >= 4 is 0 Å². The highest BCUT2D eigenvalue weighted by Gasteiger charge is 2.27. The first-order valence-corrected chi connectivity index (χ1v) is 19.2. The monoisotopic (exact) mass is 739 g/mol. The average Bonchev–Trinajstić information content (AvgIpc) is 4.12. The predicted octanol–water partition coefficient (Wildman–Crippen LogP) is 6.79. The second-order valence-electron chi connectivity index (χ2n) is 15.6. The molecule has 2 heterocycles. The van der Waals surface area contributed by atoms with Crippen LogP contribution in [0.3, 0.4) is 0 Å². The first-order valence-electron chi connectivity index (χ1n) is 19.2. The van der Waals surface area contributed by atoms with Crippen LogP contribution in [0.2, 0.25) is 0 Å². The number of ether oxygens (including phenoxy) is 6. The van der Waals surface area contributed by atoms with Crippen LogP contribution in [0.25, 0.3) is 0 Å². The van der Waals surface area contributed by atoms with Crippen LogP contribution in [0.1, 0.15) is 63.3 Å². The standard InChI is InChI=1S/C45H57NO8/c1-6-23-46(24-36(47)26-49-38-15-7-32(8-16-38)44(2,3)34-11-19-40(20-12-34)51-28-42-30-53-42)25-37(48)27-50-39-17-9-33(10-18-39)45(4,5)35-13-21-41(22-14-35)52-29-43-31-54-43/h7-22,36-37,42-43,47-48H,6,23-31H2,1-5H3. The average molecular weight is 740 g/mol. The number of hydrogen-bond donors (Lipinski definition) is 2. The molecule has 4 unspecified atom stereocenters. The maximum absolute atomic E-state index is 10.9. The zero-order valence-electron chi connectivity index (χ0n) is 32.4. The van der Waals surface area contributed by atoms with Crippen molar-refractivity contribution in [2.24, 2.45) is 0 Å². The Bertz CT molecular complexity index is 1590. The van der Waals surface area contributed by atoms with E-state index in [9.17, 15) is 10.2 Å². The van der Waals surface area contributed by atoms with Gasteiger partial charge in [-0.05, 0) is 83.8 Å². The molecule has 0 spiro atoms. The van der Waals surface area contributed by atoms with Gasteiger partial charge in [-0.15, -0.1) is 0 Å². The molecule has 0 aromatic heterocycles. The van der Waals surface area contributed by atoms with E-state index in [0.717, 1.165) is 48.8 Å². The van der Waals surface area contributed by atoms with Crippen molar-refractivity contribution in [1.29, 1.82) is 0 Å². The van der Waals surface area contributed by atoms with Crippen molar-refractivity contribution < 1.29 is 38.6 Å². The minimum atomic E-state index is -0.718. The summed E-state index contributed by atoms with van der Waals surface area (Å²) in [6, 6.07) is 32.6. The zero-order valence-corrected chi connectivity index (χ0v) is 32.4. The highest BCUT2D eigenvalue weighted by molar-refractivity contribution is 5.43. The molecule has 54 heavy (non-hydrogen) atoms. The van der Waals surface area contributed by atoms with Crippen LogP contribution >= 0.6 is 0 Å². The highest BCUT2D eigenvalue weighted by Crippen LogP contribution is 2.35. The Morgan fingerprint density at radius 3 is 1.13 bits per heavy atom. The summed E-state index contributed by atoms with van der Waals surface area (Å²) < 4.78 is 34.0. The van der Waals surface area contributed by atoms with Gasteiger partial charge in [-0.3, -0.25) is 4.90 Å². The molecule has 6 rings (SSSR count). The van der Waals surface area contributed by atoms with Crippen LogP contribution in [-0.2, 0) is 20.3 Å². The fraction of sp³-hybridized carbons (Fsp3) is 0.467. The molecule has 2 N–H and O–H groups in total. The van der Waals surface area contributed by atoms with E-state index in [0.29, 0.717) is 37.8 Å². The smallest absolute Gasteiger partial charge is 0.119 e. The number of nitrogens with zero attached hydrogens (tertiary/aromatic N) is 1. The number of rotatable bonds is 22. The maximum atomic E-state index is 10.9. The molecule has 4 atom stereocenters. The molecule has 0 bridgehead atoms. The van der Waals surface area contributed by atoms with Gasteiger partial charge in [0.05, 0.1) is 13.2 Å². The second kappa shape index (κ2) is 18.0. The van der Waals surface area contributed by atoms with Crippen molar-refractivity contribution in [3.8, 4) is 23.0 Å². The Morgan fingerprint density at radius 2 is 0.852 bits per heavy atom. The summed E-state index contributed by atoms with van der Waals surface area (Å²) in [4.78, 5) is 2.06. The SMILES string of the molecule is CCCN(CC(O)COc1ccc(C(C)(C)c2ccc(OCC3CO3)cc2)cc1)CC(O)COc1ccc(C(C)(C)c2ccc(OCC3CO3)cc2)cc1. The second-order valence-corrected chi connectivity index (χ2v) is 15.6. The van der Waals surface area contributed by atoms with Crippen LogP contribution in [-0.4, -0.2) is 98.8 Å². The van der Waals surface area contributed by atoms with Crippen molar-refractivity contribution in [3.63, 3.8) is 0 Å². The molecule has 2 fully saturated rings. The largest absolute Gasteiger partial charge is 0.491 e. The molecule has 2 aliphatic rings. The minimum absolute atomic E-state index is 0.152. The lowest BCUT2D eigenvalue weighted by molar-refractivity contribution is 0.0314. The van der Waals surface area contributed by atoms with Crippen LogP contribution < -0.4 is 18.9 Å². The summed E-state index contributed by atoms with van der Waals surface area (Å²) in [6.45, 7) is 15.4. The third kappa shape index (κ3) is 11.2. The van der Waals surface area contributed by atoms with Gasteiger partial charge in [0.1, 0.15) is 73.8 Å². The van der Waals surface area contributed by atoms with Crippen molar-refractivity contribution in [1.82, 2.24) is 4.90 Å². The normalized spacial score (nSPS) is 17.9. The minimum Gasteiger partial charge on any atom is -0.491 e. The lowest BCUT2D eigenvalue weighted by atomic mass is 9.78. The van der Waals surface area contributed by atoms with Gasteiger partial charge in [-0.2, -0.15) is 0 Å². The first kappa shape index (κ1) is 39.6. The molecule has 290 valence electrons. The molecule has 4 aromatic carbocycles. The number of aliphatic hydroxyl groups is 2. The van der Waals surface area contributed by atoms with Gasteiger partial charge in [0.2, 0.25) is 0 Å². The van der Waals surface area contributed by atoms with Gasteiger partial charge >= 0.3 is 0 Å². The third-order valence-electron chi connectivity index (χ3n) is 10.3. The molecular formula is C45H57NO8. The summed E-state index contributed by atoms with van der Waals surface area (Å²) in [6.07, 6.45) is -0.0758. The fourth-order valence-corrected chi connectivity index (χ4v) is 6.57. The molecule has 0 saturated carbocycles. The number of aliphatic hydroxyl groups excluding tert-OH is 2. The third-order valence-corrected chi connectivity index (χ3v) is 10.3. The fourth-order valence-electron chi connectivity index (χ4n) is 6.57. The maximum Gasteiger partial charge on any atom is 0.119 e. The van der Waals surface area contributed by atoms with E-state index in [-0.39, 0.29) is 36.3 Å². The number of benzene rings is 4. The summed E-state index contributed by atoms with van der Waals surface area (Å²) >= 11 is 0. The number of epoxide rings is 2. The van der Waals surface area contributed by atoms with E-state index in [1.165, 1.54) is 11.1 Å². The van der Waals surface area contributed by atoms with E-state index in [2.05, 4.69) is 88.0 Å². The van der Waals surface area contributed by atoms with Gasteiger partial charge in [-0.25, -0.2) is 0 Å². The van der Waals surface area contributed by atoms with Crippen LogP contribution in [0.5, 0.6) is 23.0 Å². The molecule has 0 amide bonds. The quantitative estimate of drug-likeness (QED) is 0.0844. The van der Waals surface area contributed by atoms with E-state index in [1.54, 1.807) is 0 Å². The van der Waals surface area contributed by atoms with Gasteiger partial charge in [-0.1, -0.05) is 83.1 Å². The molecule has 0 aliphatic carbocycles. The van der Waals surface area contributed by atoms with Gasteiger partial charge in [0.15, 0.2) is 0 Å². The van der Waals surface area contributed by atoms with Crippen molar-refractivity contribution in [2.75, 3.05) is 59.3 Å². The first-order chi connectivity index (χ1) is 26.0.